The Morgan fingerprint density at radius 3 is 1.56 bits per heavy atom. The Hall–Kier alpha value is -1.63. The zero-order chi connectivity index (χ0) is 12.6. The van der Waals surface area contributed by atoms with Gasteiger partial charge in [0.2, 0.25) is 5.41 Å². The van der Waals surface area contributed by atoms with E-state index in [-0.39, 0.29) is 25.7 Å². The van der Waals surface area contributed by atoms with Crippen LogP contribution in [0.1, 0.15) is 25.7 Å². The standard InChI is InChI=1S/C9H12O7/c10-5(11)8(6(12)13)3-1-2-4-9(8,16)7(14)15/h16H,1-4H2,(H,10,11)(H,12,13)(H,14,15). The summed E-state index contributed by atoms with van der Waals surface area (Å²) >= 11 is 0. The second kappa shape index (κ2) is 3.75. The Bertz CT molecular complexity index is 334. The van der Waals surface area contributed by atoms with Gasteiger partial charge in [-0.3, -0.25) is 9.59 Å². The fourth-order valence-corrected chi connectivity index (χ4v) is 2.14. The van der Waals surface area contributed by atoms with Crippen LogP contribution in [-0.2, 0) is 14.4 Å². The van der Waals surface area contributed by atoms with E-state index in [1.165, 1.54) is 0 Å². The van der Waals surface area contributed by atoms with Gasteiger partial charge < -0.3 is 20.4 Å². The Morgan fingerprint density at radius 2 is 1.25 bits per heavy atom. The summed E-state index contributed by atoms with van der Waals surface area (Å²) in [5, 5.41) is 36.6. The Balaban J connectivity index is 3.37. The summed E-state index contributed by atoms with van der Waals surface area (Å²) < 4.78 is 0. The molecule has 0 bridgehead atoms. The lowest BCUT2D eigenvalue weighted by molar-refractivity contribution is -0.205. The number of carboxylic acid groups (broad SMARTS) is 3. The molecule has 0 aliphatic heterocycles. The van der Waals surface area contributed by atoms with Crippen molar-refractivity contribution in [3.05, 3.63) is 0 Å². The van der Waals surface area contributed by atoms with E-state index in [9.17, 15) is 19.5 Å². The average Bonchev–Trinajstić information content (AvgIpc) is 2.17. The largest absolute Gasteiger partial charge is 0.480 e. The minimum absolute atomic E-state index is 0.258. The molecule has 0 aromatic heterocycles. The highest BCUT2D eigenvalue weighted by Gasteiger charge is 2.67. The molecule has 0 spiro atoms. The molecule has 7 nitrogen and oxygen atoms in total. The molecule has 0 heterocycles. The second-order valence-corrected chi connectivity index (χ2v) is 3.89. The van der Waals surface area contributed by atoms with Crippen LogP contribution in [-0.4, -0.2) is 43.9 Å². The first-order valence-corrected chi connectivity index (χ1v) is 4.71. The molecular weight excluding hydrogens is 220 g/mol. The fraction of sp³-hybridized carbons (Fsp3) is 0.667. The van der Waals surface area contributed by atoms with E-state index < -0.39 is 28.9 Å². The van der Waals surface area contributed by atoms with Gasteiger partial charge >= 0.3 is 17.9 Å². The van der Waals surface area contributed by atoms with Crippen molar-refractivity contribution >= 4 is 17.9 Å². The number of carboxylic acids is 3. The zero-order valence-corrected chi connectivity index (χ0v) is 8.34. The molecule has 1 saturated carbocycles. The molecule has 16 heavy (non-hydrogen) atoms. The molecule has 4 N–H and O–H groups in total. The van der Waals surface area contributed by atoms with Crippen molar-refractivity contribution in [1.29, 1.82) is 0 Å². The maximum absolute atomic E-state index is 11.0. The summed E-state index contributed by atoms with van der Waals surface area (Å²) in [5.41, 5.74) is -5.40. The maximum Gasteiger partial charge on any atom is 0.337 e. The van der Waals surface area contributed by atoms with Crippen LogP contribution >= 0.6 is 0 Å². The minimum atomic E-state index is -2.75. The van der Waals surface area contributed by atoms with Crippen LogP contribution in [0.5, 0.6) is 0 Å². The highest BCUT2D eigenvalue weighted by atomic mass is 16.4. The van der Waals surface area contributed by atoms with Crippen LogP contribution in [0.4, 0.5) is 0 Å². The molecule has 1 unspecified atom stereocenters. The molecule has 0 amide bonds. The van der Waals surface area contributed by atoms with Gasteiger partial charge in [-0.15, -0.1) is 0 Å². The van der Waals surface area contributed by atoms with Gasteiger partial charge in [-0.25, -0.2) is 4.79 Å². The van der Waals surface area contributed by atoms with Gasteiger partial charge in [0.25, 0.3) is 0 Å². The first-order valence-electron chi connectivity index (χ1n) is 4.71. The predicted octanol–water partition coefficient (Wildman–Crippen LogP) is -0.468. The fourth-order valence-electron chi connectivity index (χ4n) is 2.14. The highest BCUT2D eigenvalue weighted by molar-refractivity contribution is 6.05. The summed E-state index contributed by atoms with van der Waals surface area (Å²) in [7, 11) is 0. The smallest absolute Gasteiger partial charge is 0.337 e. The third-order valence-corrected chi connectivity index (χ3v) is 3.13. The zero-order valence-electron chi connectivity index (χ0n) is 8.34. The van der Waals surface area contributed by atoms with E-state index in [1.807, 2.05) is 0 Å². The van der Waals surface area contributed by atoms with Crippen molar-refractivity contribution in [3.63, 3.8) is 0 Å². The van der Waals surface area contributed by atoms with Crippen LogP contribution in [0.25, 0.3) is 0 Å². The number of aliphatic carboxylic acids is 3. The van der Waals surface area contributed by atoms with E-state index in [0.717, 1.165) is 0 Å². The molecule has 0 aromatic carbocycles. The van der Waals surface area contributed by atoms with E-state index in [2.05, 4.69) is 0 Å². The van der Waals surface area contributed by atoms with Crippen molar-refractivity contribution in [3.8, 4) is 0 Å². The van der Waals surface area contributed by atoms with Crippen LogP contribution in [0.3, 0.4) is 0 Å². The molecular formula is C9H12O7. The Morgan fingerprint density at radius 1 is 0.812 bits per heavy atom. The van der Waals surface area contributed by atoms with Gasteiger partial charge in [-0.05, 0) is 19.3 Å². The van der Waals surface area contributed by atoms with E-state index >= 15 is 0 Å². The maximum atomic E-state index is 11.0. The summed E-state index contributed by atoms with van der Waals surface area (Å²) in [5.74, 6) is -5.44. The van der Waals surface area contributed by atoms with Crippen LogP contribution < -0.4 is 0 Å². The van der Waals surface area contributed by atoms with E-state index in [1.54, 1.807) is 0 Å². The topological polar surface area (TPSA) is 132 Å². The van der Waals surface area contributed by atoms with Crippen molar-refractivity contribution < 1.29 is 34.8 Å². The lowest BCUT2D eigenvalue weighted by atomic mass is 9.63. The van der Waals surface area contributed by atoms with Crippen molar-refractivity contribution in [2.45, 2.75) is 31.3 Å². The summed E-state index contributed by atoms with van der Waals surface area (Å²) in [4.78, 5) is 33.0. The molecule has 0 radical (unpaired) electrons. The number of hydrogen-bond acceptors (Lipinski definition) is 4. The molecule has 1 aliphatic carbocycles. The predicted molar refractivity (Wildman–Crippen MR) is 48.8 cm³/mol. The lowest BCUT2D eigenvalue weighted by Crippen LogP contribution is -2.63. The monoisotopic (exact) mass is 232 g/mol. The van der Waals surface area contributed by atoms with Crippen molar-refractivity contribution in [2.24, 2.45) is 5.41 Å². The first-order chi connectivity index (χ1) is 7.29. The number of hydrogen-bond donors (Lipinski definition) is 4. The molecule has 0 aromatic rings. The number of aliphatic hydroxyl groups is 1. The molecule has 0 saturated heterocycles. The quantitative estimate of drug-likeness (QED) is 0.483. The normalized spacial score (nSPS) is 28.3. The summed E-state index contributed by atoms with van der Waals surface area (Å²) in [6.07, 6.45) is -0.222. The van der Waals surface area contributed by atoms with Crippen LogP contribution in [0.2, 0.25) is 0 Å². The highest BCUT2D eigenvalue weighted by Crippen LogP contribution is 2.45. The second-order valence-electron chi connectivity index (χ2n) is 3.89. The molecule has 1 fully saturated rings. The minimum Gasteiger partial charge on any atom is -0.480 e. The van der Waals surface area contributed by atoms with E-state index in [0.29, 0.717) is 0 Å². The van der Waals surface area contributed by atoms with Gasteiger partial charge in [-0.2, -0.15) is 0 Å². The molecule has 1 rings (SSSR count). The van der Waals surface area contributed by atoms with Gasteiger partial charge in [0.15, 0.2) is 5.60 Å². The average molecular weight is 232 g/mol. The van der Waals surface area contributed by atoms with Crippen LogP contribution in [0, 0.1) is 5.41 Å². The summed E-state index contributed by atoms with van der Waals surface area (Å²) in [6.45, 7) is 0. The lowest BCUT2D eigenvalue weighted by Gasteiger charge is -2.41. The molecule has 90 valence electrons. The Labute approximate surface area is 90.3 Å². The third kappa shape index (κ3) is 1.35. The van der Waals surface area contributed by atoms with Crippen LogP contribution in [0.15, 0.2) is 0 Å². The third-order valence-electron chi connectivity index (χ3n) is 3.13. The summed E-state index contributed by atoms with van der Waals surface area (Å²) in [6, 6.07) is 0. The van der Waals surface area contributed by atoms with Gasteiger partial charge in [0.1, 0.15) is 0 Å². The SMILES string of the molecule is O=C(O)C1(O)CCCCC1(C(=O)O)C(=O)O. The van der Waals surface area contributed by atoms with Crippen molar-refractivity contribution in [2.75, 3.05) is 0 Å². The van der Waals surface area contributed by atoms with Gasteiger partial charge in [-0.1, -0.05) is 6.42 Å². The molecule has 7 heteroatoms. The van der Waals surface area contributed by atoms with E-state index in [4.69, 9.17) is 15.3 Å². The van der Waals surface area contributed by atoms with Gasteiger partial charge in [0.05, 0.1) is 0 Å². The number of carbonyl (C=O) groups is 3. The first kappa shape index (κ1) is 12.4. The number of rotatable bonds is 3. The van der Waals surface area contributed by atoms with Gasteiger partial charge in [0, 0.05) is 0 Å². The Kier molecular flexibility index (Phi) is 2.91. The molecule has 1 atom stereocenters. The van der Waals surface area contributed by atoms with Crippen molar-refractivity contribution in [1.82, 2.24) is 0 Å². The molecule has 1 aliphatic rings.